The van der Waals surface area contributed by atoms with Crippen LogP contribution in [0.3, 0.4) is 0 Å². The van der Waals surface area contributed by atoms with Gasteiger partial charge in [0.05, 0.1) is 6.10 Å². The molecule has 2 N–H and O–H groups in total. The first kappa shape index (κ1) is 14.9. The summed E-state index contributed by atoms with van der Waals surface area (Å²) in [6.07, 6.45) is 7.73. The van der Waals surface area contributed by atoms with Gasteiger partial charge < -0.3 is 10.5 Å². The van der Waals surface area contributed by atoms with E-state index in [2.05, 4.69) is 25.8 Å². The summed E-state index contributed by atoms with van der Waals surface area (Å²) in [7, 11) is 2.22. The molecular weight excluding hydrogens is 212 g/mol. The monoisotopic (exact) mass is 242 g/mol. The first-order valence-corrected chi connectivity index (χ1v) is 7.21. The maximum absolute atomic E-state index is 5.96. The largest absolute Gasteiger partial charge is 0.378 e. The van der Waals surface area contributed by atoms with Gasteiger partial charge in [0.1, 0.15) is 0 Å². The molecule has 1 saturated heterocycles. The van der Waals surface area contributed by atoms with Crippen molar-refractivity contribution in [2.45, 2.75) is 64.0 Å². The summed E-state index contributed by atoms with van der Waals surface area (Å²) in [6, 6.07) is 0. The zero-order chi connectivity index (χ0) is 12.7. The molecule has 0 spiro atoms. The van der Waals surface area contributed by atoms with Gasteiger partial charge >= 0.3 is 0 Å². The topological polar surface area (TPSA) is 38.5 Å². The fourth-order valence-corrected chi connectivity index (χ4v) is 2.90. The van der Waals surface area contributed by atoms with E-state index in [-0.39, 0.29) is 5.54 Å². The summed E-state index contributed by atoms with van der Waals surface area (Å²) in [5.41, 5.74) is 6.16. The van der Waals surface area contributed by atoms with E-state index in [0.717, 1.165) is 32.5 Å². The first-order valence-electron chi connectivity index (χ1n) is 7.21. The van der Waals surface area contributed by atoms with Crippen LogP contribution >= 0.6 is 0 Å². The molecule has 0 aromatic carbocycles. The van der Waals surface area contributed by atoms with Crippen LogP contribution in [0.1, 0.15) is 52.4 Å². The van der Waals surface area contributed by atoms with E-state index >= 15 is 0 Å². The van der Waals surface area contributed by atoms with Crippen molar-refractivity contribution in [3.8, 4) is 0 Å². The van der Waals surface area contributed by atoms with Crippen molar-refractivity contribution in [3.63, 3.8) is 0 Å². The molecule has 0 radical (unpaired) electrons. The molecule has 3 nitrogen and oxygen atoms in total. The molecule has 1 rings (SSSR count). The van der Waals surface area contributed by atoms with Crippen LogP contribution in [0, 0.1) is 0 Å². The van der Waals surface area contributed by atoms with Crippen molar-refractivity contribution in [1.29, 1.82) is 0 Å². The van der Waals surface area contributed by atoms with Crippen LogP contribution < -0.4 is 5.73 Å². The van der Waals surface area contributed by atoms with Crippen molar-refractivity contribution in [2.75, 3.05) is 26.7 Å². The molecule has 0 aromatic heterocycles. The zero-order valence-electron chi connectivity index (χ0n) is 11.9. The number of nitrogens with two attached hydrogens (primary N) is 1. The second kappa shape index (κ2) is 7.34. The fraction of sp³-hybridized carbons (Fsp3) is 1.00. The first-order chi connectivity index (χ1) is 8.18. The van der Waals surface area contributed by atoms with Gasteiger partial charge in [-0.15, -0.1) is 0 Å². The maximum Gasteiger partial charge on any atom is 0.0576 e. The highest BCUT2D eigenvalue weighted by Gasteiger charge is 2.29. The average Bonchev–Trinajstić information content (AvgIpc) is 2.85. The predicted octanol–water partition coefficient (Wildman–Crippen LogP) is 2.39. The van der Waals surface area contributed by atoms with Crippen molar-refractivity contribution in [2.24, 2.45) is 5.73 Å². The van der Waals surface area contributed by atoms with E-state index < -0.39 is 0 Å². The van der Waals surface area contributed by atoms with E-state index in [4.69, 9.17) is 10.5 Å². The van der Waals surface area contributed by atoms with Gasteiger partial charge in [-0.1, -0.05) is 13.8 Å². The quantitative estimate of drug-likeness (QED) is 0.710. The highest BCUT2D eigenvalue weighted by atomic mass is 16.5. The average molecular weight is 242 g/mol. The van der Waals surface area contributed by atoms with Crippen molar-refractivity contribution >= 4 is 0 Å². The molecule has 17 heavy (non-hydrogen) atoms. The van der Waals surface area contributed by atoms with Crippen LogP contribution in [0.15, 0.2) is 0 Å². The number of likely N-dealkylation sites (N-methyl/N-ethyl adjacent to an activating group) is 1. The lowest BCUT2D eigenvalue weighted by Gasteiger charge is -2.40. The highest BCUT2D eigenvalue weighted by molar-refractivity contribution is 4.87. The SMILES string of the molecule is CCC(CC)(CN)N(C)CCCC1CCCO1. The third-order valence-electron chi connectivity index (χ3n) is 4.55. The van der Waals surface area contributed by atoms with E-state index in [9.17, 15) is 0 Å². The number of hydrogen-bond donors (Lipinski definition) is 1. The van der Waals surface area contributed by atoms with Gasteiger partial charge in [-0.25, -0.2) is 0 Å². The van der Waals surface area contributed by atoms with Gasteiger partial charge in [-0.2, -0.15) is 0 Å². The molecule has 1 fully saturated rings. The molecule has 102 valence electrons. The minimum Gasteiger partial charge on any atom is -0.378 e. The van der Waals surface area contributed by atoms with E-state index in [0.29, 0.717) is 6.10 Å². The summed E-state index contributed by atoms with van der Waals surface area (Å²) < 4.78 is 5.66. The molecule has 1 atom stereocenters. The molecule has 0 aromatic rings. The lowest BCUT2D eigenvalue weighted by molar-refractivity contribution is 0.0835. The molecule has 3 heteroatoms. The Hall–Kier alpha value is -0.120. The summed E-state index contributed by atoms with van der Waals surface area (Å²) in [5.74, 6) is 0. The second-order valence-corrected chi connectivity index (χ2v) is 5.33. The molecule has 0 bridgehead atoms. The minimum atomic E-state index is 0.205. The molecule has 1 aliphatic heterocycles. The lowest BCUT2D eigenvalue weighted by atomic mass is 9.91. The van der Waals surface area contributed by atoms with Gasteiger partial charge in [0.2, 0.25) is 0 Å². The van der Waals surface area contributed by atoms with Crippen LogP contribution in [0.25, 0.3) is 0 Å². The van der Waals surface area contributed by atoms with Crippen molar-refractivity contribution in [1.82, 2.24) is 4.90 Å². The van der Waals surface area contributed by atoms with Crippen LogP contribution in [-0.4, -0.2) is 43.3 Å². The third kappa shape index (κ3) is 3.94. The summed E-state index contributed by atoms with van der Waals surface area (Å²) in [4.78, 5) is 2.46. The Morgan fingerprint density at radius 3 is 2.53 bits per heavy atom. The van der Waals surface area contributed by atoms with E-state index in [1.165, 1.54) is 25.7 Å². The fourth-order valence-electron chi connectivity index (χ4n) is 2.90. The van der Waals surface area contributed by atoms with Crippen molar-refractivity contribution in [3.05, 3.63) is 0 Å². The van der Waals surface area contributed by atoms with Gasteiger partial charge in [-0.3, -0.25) is 4.90 Å². The minimum absolute atomic E-state index is 0.205. The number of nitrogens with zero attached hydrogens (tertiary/aromatic N) is 1. The molecule has 1 heterocycles. The Kier molecular flexibility index (Phi) is 6.45. The molecule has 1 unspecified atom stereocenters. The van der Waals surface area contributed by atoms with Crippen LogP contribution in [0.5, 0.6) is 0 Å². The summed E-state index contributed by atoms with van der Waals surface area (Å²) in [5, 5.41) is 0. The van der Waals surface area contributed by atoms with Crippen LogP contribution in [0.4, 0.5) is 0 Å². The van der Waals surface area contributed by atoms with Gasteiger partial charge in [-0.05, 0) is 52.1 Å². The second-order valence-electron chi connectivity index (χ2n) is 5.33. The molecule has 1 aliphatic rings. The number of rotatable bonds is 8. The normalized spacial score (nSPS) is 21.4. The lowest BCUT2D eigenvalue weighted by Crippen LogP contribution is -2.51. The standard InChI is InChI=1S/C14H30N2O/c1-4-14(5-2,12-15)16(3)10-6-8-13-9-7-11-17-13/h13H,4-12,15H2,1-3H3. The van der Waals surface area contributed by atoms with Crippen molar-refractivity contribution < 1.29 is 4.74 Å². The Bertz CT molecular complexity index is 190. The predicted molar refractivity (Wildman–Crippen MR) is 73.2 cm³/mol. The molecule has 0 amide bonds. The maximum atomic E-state index is 5.96. The zero-order valence-corrected chi connectivity index (χ0v) is 11.9. The molecular formula is C14H30N2O. The highest BCUT2D eigenvalue weighted by Crippen LogP contribution is 2.23. The number of ether oxygens (including phenoxy) is 1. The van der Waals surface area contributed by atoms with Gasteiger partial charge in [0.15, 0.2) is 0 Å². The third-order valence-corrected chi connectivity index (χ3v) is 4.55. The van der Waals surface area contributed by atoms with E-state index in [1.54, 1.807) is 0 Å². The Balaban J connectivity index is 2.28. The summed E-state index contributed by atoms with van der Waals surface area (Å²) in [6.45, 7) is 7.35. The molecule has 0 aliphatic carbocycles. The van der Waals surface area contributed by atoms with E-state index in [1.807, 2.05) is 0 Å². The smallest absolute Gasteiger partial charge is 0.0576 e. The Morgan fingerprint density at radius 2 is 2.06 bits per heavy atom. The Morgan fingerprint density at radius 1 is 1.35 bits per heavy atom. The van der Waals surface area contributed by atoms with Crippen LogP contribution in [-0.2, 0) is 4.74 Å². The van der Waals surface area contributed by atoms with Gasteiger partial charge in [0, 0.05) is 18.7 Å². The summed E-state index contributed by atoms with van der Waals surface area (Å²) >= 11 is 0. The molecule has 0 saturated carbocycles. The number of hydrogen-bond acceptors (Lipinski definition) is 3. The Labute approximate surface area is 107 Å². The van der Waals surface area contributed by atoms with Crippen LogP contribution in [0.2, 0.25) is 0 Å². The van der Waals surface area contributed by atoms with Gasteiger partial charge in [0.25, 0.3) is 0 Å².